The summed E-state index contributed by atoms with van der Waals surface area (Å²) < 4.78 is 32.7. The van der Waals surface area contributed by atoms with E-state index in [1.807, 2.05) is 31.2 Å². The van der Waals surface area contributed by atoms with Gasteiger partial charge in [-0.25, -0.2) is 8.42 Å². The van der Waals surface area contributed by atoms with Crippen LogP contribution in [-0.4, -0.2) is 32.4 Å². The molecule has 1 fully saturated rings. The predicted molar refractivity (Wildman–Crippen MR) is 103 cm³/mol. The Morgan fingerprint density at radius 1 is 1.16 bits per heavy atom. The molecule has 0 amide bonds. The van der Waals surface area contributed by atoms with Gasteiger partial charge in [0.15, 0.2) is 9.84 Å². The summed E-state index contributed by atoms with van der Waals surface area (Å²) in [5.74, 6) is -0.312. The quantitative estimate of drug-likeness (QED) is 0.736. The van der Waals surface area contributed by atoms with Crippen molar-refractivity contribution in [3.63, 3.8) is 0 Å². The molecule has 0 aromatic heterocycles. The summed E-state index contributed by atoms with van der Waals surface area (Å²) in [6.07, 6.45) is 0. The fraction of sp³-hybridized carbons (Fsp3) is 0.333. The number of nitrogens with two attached hydrogens (primary N) is 1. The lowest BCUT2D eigenvalue weighted by molar-refractivity contribution is 0.125. The zero-order chi connectivity index (χ0) is 18.2. The molecule has 2 aromatic carbocycles. The van der Waals surface area contributed by atoms with Crippen LogP contribution in [0.2, 0.25) is 5.02 Å². The first-order valence-corrected chi connectivity index (χ1v) is 10.6. The Morgan fingerprint density at radius 3 is 2.32 bits per heavy atom. The molecule has 25 heavy (non-hydrogen) atoms. The molecule has 0 heterocycles. The van der Waals surface area contributed by atoms with Crippen LogP contribution >= 0.6 is 27.5 Å². The molecule has 3 rings (SSSR count). The van der Waals surface area contributed by atoms with Gasteiger partial charge in [-0.2, -0.15) is 0 Å². The summed E-state index contributed by atoms with van der Waals surface area (Å²) in [4.78, 5) is 0.229. The Hall–Kier alpha value is -0.920. The third-order valence-electron chi connectivity index (χ3n) is 4.56. The van der Waals surface area contributed by atoms with E-state index in [2.05, 4.69) is 15.9 Å². The maximum absolute atomic E-state index is 13.1. The zero-order valence-corrected chi connectivity index (χ0v) is 16.8. The van der Waals surface area contributed by atoms with Crippen molar-refractivity contribution in [2.75, 3.05) is 13.2 Å². The Bertz CT molecular complexity index is 855. The van der Waals surface area contributed by atoms with E-state index in [0.29, 0.717) is 11.6 Å². The number of sulfone groups is 1. The molecule has 0 aliphatic heterocycles. The molecule has 4 nitrogen and oxygen atoms in total. The van der Waals surface area contributed by atoms with E-state index in [9.17, 15) is 8.42 Å². The van der Waals surface area contributed by atoms with Crippen LogP contribution in [0, 0.1) is 0 Å². The Morgan fingerprint density at radius 2 is 1.76 bits per heavy atom. The van der Waals surface area contributed by atoms with Gasteiger partial charge in [-0.3, -0.25) is 0 Å². The first-order chi connectivity index (χ1) is 11.8. The lowest BCUT2D eigenvalue weighted by Gasteiger charge is -2.12. The molecule has 1 saturated carbocycles. The Kier molecular flexibility index (Phi) is 5.28. The minimum absolute atomic E-state index is 0.196. The van der Waals surface area contributed by atoms with E-state index in [1.165, 1.54) is 12.1 Å². The summed E-state index contributed by atoms with van der Waals surface area (Å²) in [5.41, 5.74) is 6.46. The average Bonchev–Trinajstić information content (AvgIpc) is 3.21. The Labute approximate surface area is 161 Å². The smallest absolute Gasteiger partial charge is 0.183 e. The van der Waals surface area contributed by atoms with Crippen LogP contribution in [-0.2, 0) is 14.6 Å². The third-order valence-corrected chi connectivity index (χ3v) is 7.65. The number of ether oxygens (including phenoxy) is 1. The first-order valence-electron chi connectivity index (χ1n) is 7.92. The second-order valence-corrected chi connectivity index (χ2v) is 9.62. The largest absolute Gasteiger partial charge is 0.380 e. The lowest BCUT2D eigenvalue weighted by Crippen LogP contribution is -2.36. The summed E-state index contributed by atoms with van der Waals surface area (Å²) in [6.45, 7) is 2.55. The van der Waals surface area contributed by atoms with E-state index in [-0.39, 0.29) is 17.4 Å². The second kappa shape index (κ2) is 7.00. The van der Waals surface area contributed by atoms with Crippen LogP contribution in [0.15, 0.2) is 57.9 Å². The van der Waals surface area contributed by atoms with Crippen LogP contribution in [0.4, 0.5) is 0 Å². The molecule has 1 aliphatic rings. The standard InChI is InChI=1S/C18H19BrClNO3S/c1-2-24-11-18(21)16(12-3-5-13(19)6-4-12)17(18)25(22,23)15-9-7-14(20)8-10-15/h3-10,16-17H,2,11,21H2,1H3/t16-,17+,18-/m0/s1. The minimum Gasteiger partial charge on any atom is -0.380 e. The first kappa shape index (κ1) is 18.9. The number of benzene rings is 2. The second-order valence-electron chi connectivity index (χ2n) is 6.20. The highest BCUT2D eigenvalue weighted by Crippen LogP contribution is 2.55. The highest BCUT2D eigenvalue weighted by molar-refractivity contribution is 9.10. The van der Waals surface area contributed by atoms with Crippen molar-refractivity contribution in [1.82, 2.24) is 0 Å². The zero-order valence-electron chi connectivity index (χ0n) is 13.7. The fourth-order valence-electron chi connectivity index (χ4n) is 3.27. The molecule has 0 unspecified atom stereocenters. The van der Waals surface area contributed by atoms with E-state index in [4.69, 9.17) is 22.1 Å². The maximum atomic E-state index is 13.1. The molecular formula is C18H19BrClNO3S. The van der Waals surface area contributed by atoms with Crippen molar-refractivity contribution in [1.29, 1.82) is 0 Å². The van der Waals surface area contributed by atoms with Crippen LogP contribution in [0.3, 0.4) is 0 Å². The molecule has 2 N–H and O–H groups in total. The number of hydrogen-bond acceptors (Lipinski definition) is 4. The summed E-state index contributed by atoms with van der Waals surface area (Å²) in [7, 11) is -3.60. The topological polar surface area (TPSA) is 69.4 Å². The van der Waals surface area contributed by atoms with Crippen molar-refractivity contribution >= 4 is 37.4 Å². The van der Waals surface area contributed by atoms with Gasteiger partial charge in [0.1, 0.15) is 0 Å². The van der Waals surface area contributed by atoms with Gasteiger partial charge in [0.25, 0.3) is 0 Å². The van der Waals surface area contributed by atoms with Gasteiger partial charge in [-0.15, -0.1) is 0 Å². The van der Waals surface area contributed by atoms with E-state index < -0.39 is 20.6 Å². The van der Waals surface area contributed by atoms with Crippen molar-refractivity contribution in [3.8, 4) is 0 Å². The van der Waals surface area contributed by atoms with E-state index in [0.717, 1.165) is 10.0 Å². The molecule has 0 radical (unpaired) electrons. The van der Waals surface area contributed by atoms with Gasteiger partial charge < -0.3 is 10.5 Å². The predicted octanol–water partition coefficient (Wildman–Crippen LogP) is 3.78. The monoisotopic (exact) mass is 443 g/mol. The molecule has 0 spiro atoms. The number of halogens is 2. The van der Waals surface area contributed by atoms with Gasteiger partial charge in [-0.05, 0) is 48.9 Å². The Balaban J connectivity index is 1.99. The summed E-state index contributed by atoms with van der Waals surface area (Å²) in [6, 6.07) is 13.8. The van der Waals surface area contributed by atoms with Gasteiger partial charge in [0.2, 0.25) is 0 Å². The normalized spacial score (nSPS) is 25.8. The van der Waals surface area contributed by atoms with E-state index in [1.54, 1.807) is 12.1 Å². The maximum Gasteiger partial charge on any atom is 0.183 e. The molecule has 0 bridgehead atoms. The molecule has 1 aliphatic carbocycles. The van der Waals surface area contributed by atoms with Gasteiger partial charge >= 0.3 is 0 Å². The summed E-state index contributed by atoms with van der Waals surface area (Å²) >= 11 is 9.27. The highest BCUT2D eigenvalue weighted by Gasteiger charge is 2.69. The summed E-state index contributed by atoms with van der Waals surface area (Å²) in [5, 5.41) is -0.235. The molecule has 2 aromatic rings. The molecule has 7 heteroatoms. The average molecular weight is 445 g/mol. The minimum atomic E-state index is -3.60. The molecule has 134 valence electrons. The van der Waals surface area contributed by atoms with E-state index >= 15 is 0 Å². The molecule has 3 atom stereocenters. The third kappa shape index (κ3) is 3.51. The number of rotatable bonds is 6. The highest BCUT2D eigenvalue weighted by atomic mass is 79.9. The molecule has 0 saturated heterocycles. The van der Waals surface area contributed by atoms with Gasteiger partial charge in [-0.1, -0.05) is 39.7 Å². The van der Waals surface area contributed by atoms with Crippen LogP contribution < -0.4 is 5.73 Å². The van der Waals surface area contributed by atoms with Crippen molar-refractivity contribution in [2.45, 2.75) is 28.5 Å². The number of hydrogen-bond donors (Lipinski definition) is 1. The molecular weight excluding hydrogens is 426 g/mol. The van der Waals surface area contributed by atoms with Crippen molar-refractivity contribution < 1.29 is 13.2 Å². The fourth-order valence-corrected chi connectivity index (χ4v) is 5.95. The van der Waals surface area contributed by atoms with Crippen molar-refractivity contribution in [2.24, 2.45) is 5.73 Å². The van der Waals surface area contributed by atoms with Gasteiger partial charge in [0.05, 0.1) is 22.3 Å². The van der Waals surface area contributed by atoms with Crippen molar-refractivity contribution in [3.05, 3.63) is 63.6 Å². The van der Waals surface area contributed by atoms with Crippen LogP contribution in [0.1, 0.15) is 18.4 Å². The van der Waals surface area contributed by atoms with Gasteiger partial charge in [0, 0.05) is 22.0 Å². The lowest BCUT2D eigenvalue weighted by atomic mass is 10.1. The van der Waals surface area contributed by atoms with Crippen LogP contribution in [0.5, 0.6) is 0 Å². The SMILES string of the molecule is CCOC[C@@]1(N)[C@H](S(=O)(=O)c2ccc(Cl)cc2)[C@@H]1c1ccc(Br)cc1. The van der Waals surface area contributed by atoms with Crippen LogP contribution in [0.25, 0.3) is 0 Å².